The first-order valence-electron chi connectivity index (χ1n) is 5.46. The molecule has 0 atom stereocenters. The first-order chi connectivity index (χ1) is 8.26. The maximum absolute atomic E-state index is 12.0. The van der Waals surface area contributed by atoms with Crippen molar-refractivity contribution in [3.8, 4) is 0 Å². The molecule has 1 aromatic carbocycles. The minimum Gasteiger partial charge on any atom is -0.456 e. The van der Waals surface area contributed by atoms with Crippen LogP contribution in [-0.2, 0) is 11.3 Å². The largest absolute Gasteiger partial charge is 0.456 e. The van der Waals surface area contributed by atoms with Gasteiger partial charge in [0.2, 0.25) is 0 Å². The zero-order valence-corrected chi connectivity index (χ0v) is 10.6. The summed E-state index contributed by atoms with van der Waals surface area (Å²) in [7, 11) is 0. The number of esters is 1. The monoisotopic (exact) mass is 252 g/mol. The van der Waals surface area contributed by atoms with Gasteiger partial charge in [-0.2, -0.15) is 0 Å². The third-order valence-electron chi connectivity index (χ3n) is 2.15. The van der Waals surface area contributed by atoms with Crippen LogP contribution >= 0.6 is 0 Å². The number of nitro benzene ring substituents is 1. The third-order valence-corrected chi connectivity index (χ3v) is 2.15. The first-order valence-corrected chi connectivity index (χ1v) is 5.46. The quantitative estimate of drug-likeness (QED) is 0.504. The highest BCUT2D eigenvalue weighted by Gasteiger charge is 2.27. The van der Waals surface area contributed by atoms with Crippen LogP contribution in [0, 0.1) is 10.1 Å². The fourth-order valence-corrected chi connectivity index (χ4v) is 1.47. The third kappa shape index (κ3) is 3.27. The van der Waals surface area contributed by atoms with Crippen LogP contribution in [0.4, 0.5) is 5.69 Å². The van der Waals surface area contributed by atoms with Gasteiger partial charge in [0.15, 0.2) is 0 Å². The molecule has 2 N–H and O–H groups in total. The molecule has 0 aliphatic carbocycles. The summed E-state index contributed by atoms with van der Waals surface area (Å²) in [6, 6.07) is 4.33. The normalized spacial score (nSPS) is 11.1. The number of nitro groups is 1. The Morgan fingerprint density at radius 3 is 2.50 bits per heavy atom. The fraction of sp³-hybridized carbons (Fsp3) is 0.417. The fourth-order valence-electron chi connectivity index (χ4n) is 1.47. The molecular weight excluding hydrogens is 236 g/mol. The summed E-state index contributed by atoms with van der Waals surface area (Å²) in [6.07, 6.45) is 0. The van der Waals surface area contributed by atoms with Crippen molar-refractivity contribution in [1.29, 1.82) is 0 Å². The van der Waals surface area contributed by atoms with E-state index in [2.05, 4.69) is 0 Å². The number of nitrogens with two attached hydrogens (primary N) is 1. The number of carbonyl (C=O) groups excluding carboxylic acids is 1. The Labute approximate surface area is 105 Å². The van der Waals surface area contributed by atoms with E-state index in [0.717, 1.165) is 0 Å². The van der Waals surface area contributed by atoms with E-state index in [1.807, 2.05) is 0 Å². The molecule has 18 heavy (non-hydrogen) atoms. The molecule has 0 bridgehead atoms. The Balaban J connectivity index is 3.28. The molecule has 1 rings (SSSR count). The predicted octanol–water partition coefficient (Wildman–Crippen LogP) is 2.01. The molecule has 6 nitrogen and oxygen atoms in total. The molecule has 0 heterocycles. The molecule has 0 aliphatic rings. The number of ether oxygens (including phenoxy) is 1. The van der Waals surface area contributed by atoms with Gasteiger partial charge in [0, 0.05) is 12.6 Å². The van der Waals surface area contributed by atoms with Crippen molar-refractivity contribution >= 4 is 11.7 Å². The molecule has 0 fully saturated rings. The summed E-state index contributed by atoms with van der Waals surface area (Å²) in [5.74, 6) is -0.727. The summed E-state index contributed by atoms with van der Waals surface area (Å²) in [5.41, 5.74) is 4.82. The van der Waals surface area contributed by atoms with Gasteiger partial charge < -0.3 is 10.5 Å². The van der Waals surface area contributed by atoms with Gasteiger partial charge in [0.1, 0.15) is 11.2 Å². The Morgan fingerprint density at radius 1 is 1.44 bits per heavy atom. The van der Waals surface area contributed by atoms with Crippen molar-refractivity contribution in [3.63, 3.8) is 0 Å². The van der Waals surface area contributed by atoms with Crippen LogP contribution in [0.1, 0.15) is 36.7 Å². The predicted molar refractivity (Wildman–Crippen MR) is 66.2 cm³/mol. The van der Waals surface area contributed by atoms with Gasteiger partial charge in [-0.15, -0.1) is 0 Å². The minimum atomic E-state index is -0.727. The molecule has 6 heteroatoms. The van der Waals surface area contributed by atoms with E-state index < -0.39 is 16.5 Å². The molecular formula is C12H16N2O4. The minimum absolute atomic E-state index is 0.0380. The number of benzene rings is 1. The molecule has 0 aromatic heterocycles. The zero-order valence-electron chi connectivity index (χ0n) is 10.6. The van der Waals surface area contributed by atoms with Crippen LogP contribution in [0.3, 0.4) is 0 Å². The van der Waals surface area contributed by atoms with Gasteiger partial charge in [-0.3, -0.25) is 10.1 Å². The van der Waals surface area contributed by atoms with Gasteiger partial charge in [-0.25, -0.2) is 4.79 Å². The van der Waals surface area contributed by atoms with Crippen molar-refractivity contribution in [3.05, 3.63) is 39.4 Å². The summed E-state index contributed by atoms with van der Waals surface area (Å²) >= 11 is 0. The molecule has 0 aliphatic heterocycles. The Bertz CT molecular complexity index is 477. The van der Waals surface area contributed by atoms with E-state index in [1.54, 1.807) is 26.8 Å². The number of rotatable bonds is 3. The van der Waals surface area contributed by atoms with Gasteiger partial charge in [-0.1, -0.05) is 12.1 Å². The molecule has 0 spiro atoms. The average Bonchev–Trinajstić information content (AvgIpc) is 2.25. The first kappa shape index (κ1) is 14.1. The highest BCUT2D eigenvalue weighted by molar-refractivity contribution is 5.95. The topological polar surface area (TPSA) is 95.5 Å². The van der Waals surface area contributed by atoms with Crippen molar-refractivity contribution in [2.45, 2.75) is 32.9 Å². The van der Waals surface area contributed by atoms with Crippen LogP contribution < -0.4 is 5.73 Å². The Kier molecular flexibility index (Phi) is 4.03. The summed E-state index contributed by atoms with van der Waals surface area (Å²) in [5, 5.41) is 10.9. The van der Waals surface area contributed by atoms with Gasteiger partial charge in [-0.05, 0) is 26.3 Å². The lowest BCUT2D eigenvalue weighted by atomic mass is 10.0. The molecule has 0 saturated heterocycles. The van der Waals surface area contributed by atoms with Crippen LogP contribution in [0.15, 0.2) is 18.2 Å². The van der Waals surface area contributed by atoms with Gasteiger partial charge in [0.25, 0.3) is 5.69 Å². The Hall–Kier alpha value is -1.95. The van der Waals surface area contributed by atoms with Crippen molar-refractivity contribution in [2.24, 2.45) is 5.73 Å². The Morgan fingerprint density at radius 2 is 2.06 bits per heavy atom. The molecule has 1 aromatic rings. The second-order valence-electron chi connectivity index (χ2n) is 4.77. The SMILES string of the molecule is CC(C)(C)OC(=O)c1c(CN)cccc1[N+](=O)[O-]. The molecule has 0 saturated carbocycles. The molecule has 0 amide bonds. The van der Waals surface area contributed by atoms with E-state index in [1.165, 1.54) is 12.1 Å². The number of hydrogen-bond donors (Lipinski definition) is 1. The lowest BCUT2D eigenvalue weighted by Crippen LogP contribution is -2.25. The summed E-state index contributed by atoms with van der Waals surface area (Å²) < 4.78 is 5.16. The van der Waals surface area contributed by atoms with Crippen molar-refractivity contribution < 1.29 is 14.5 Å². The van der Waals surface area contributed by atoms with E-state index in [4.69, 9.17) is 10.5 Å². The van der Waals surface area contributed by atoms with Crippen LogP contribution in [0.2, 0.25) is 0 Å². The molecule has 0 radical (unpaired) electrons. The molecule has 98 valence electrons. The van der Waals surface area contributed by atoms with E-state index >= 15 is 0 Å². The van der Waals surface area contributed by atoms with Gasteiger partial charge >= 0.3 is 5.97 Å². The van der Waals surface area contributed by atoms with E-state index in [0.29, 0.717) is 5.56 Å². The maximum atomic E-state index is 12.0. The zero-order chi connectivity index (χ0) is 13.9. The second kappa shape index (κ2) is 5.14. The highest BCUT2D eigenvalue weighted by Crippen LogP contribution is 2.25. The van der Waals surface area contributed by atoms with Crippen molar-refractivity contribution in [1.82, 2.24) is 0 Å². The molecule has 0 unspecified atom stereocenters. The van der Waals surface area contributed by atoms with Crippen LogP contribution in [-0.4, -0.2) is 16.5 Å². The van der Waals surface area contributed by atoms with Crippen LogP contribution in [0.25, 0.3) is 0 Å². The second-order valence-corrected chi connectivity index (χ2v) is 4.77. The van der Waals surface area contributed by atoms with Gasteiger partial charge in [0.05, 0.1) is 4.92 Å². The lowest BCUT2D eigenvalue weighted by Gasteiger charge is -2.20. The standard InChI is InChI=1S/C12H16N2O4/c1-12(2,3)18-11(15)10-8(7-13)5-4-6-9(10)14(16)17/h4-6H,7,13H2,1-3H3. The average molecular weight is 252 g/mol. The summed E-state index contributed by atoms with van der Waals surface area (Å²) in [4.78, 5) is 22.3. The lowest BCUT2D eigenvalue weighted by molar-refractivity contribution is -0.385. The maximum Gasteiger partial charge on any atom is 0.346 e. The number of hydrogen-bond acceptors (Lipinski definition) is 5. The van der Waals surface area contributed by atoms with E-state index in [-0.39, 0.29) is 17.8 Å². The van der Waals surface area contributed by atoms with Crippen LogP contribution in [0.5, 0.6) is 0 Å². The number of nitrogens with zero attached hydrogens (tertiary/aromatic N) is 1. The number of carbonyl (C=O) groups is 1. The van der Waals surface area contributed by atoms with E-state index in [9.17, 15) is 14.9 Å². The smallest absolute Gasteiger partial charge is 0.346 e. The summed E-state index contributed by atoms with van der Waals surface area (Å²) in [6.45, 7) is 5.13. The highest BCUT2D eigenvalue weighted by atomic mass is 16.6. The van der Waals surface area contributed by atoms with Crippen molar-refractivity contribution in [2.75, 3.05) is 0 Å².